The first-order valence-corrected chi connectivity index (χ1v) is 5.78. The van der Waals surface area contributed by atoms with Crippen molar-refractivity contribution in [3.8, 4) is 0 Å². The number of nitrogens with one attached hydrogen (secondary N) is 1. The lowest BCUT2D eigenvalue weighted by molar-refractivity contribution is -0.140. The summed E-state index contributed by atoms with van der Waals surface area (Å²) in [6.45, 7) is 0.371. The van der Waals surface area contributed by atoms with Crippen molar-refractivity contribution in [3.05, 3.63) is 35.9 Å². The van der Waals surface area contributed by atoms with Crippen LogP contribution < -0.4 is 5.48 Å². The number of carbonyl (C=O) groups excluding carboxylic acids is 2. The number of hydroxylamine groups is 1. The van der Waals surface area contributed by atoms with Gasteiger partial charge in [0.2, 0.25) is 0 Å². The molecule has 0 saturated heterocycles. The number of methoxy groups -OCH3 is 1. The Morgan fingerprint density at radius 1 is 1.17 bits per heavy atom. The van der Waals surface area contributed by atoms with Gasteiger partial charge in [-0.2, -0.15) is 0 Å². The first-order valence-electron chi connectivity index (χ1n) is 5.78. The van der Waals surface area contributed by atoms with Crippen LogP contribution in [0.15, 0.2) is 30.3 Å². The highest BCUT2D eigenvalue weighted by Crippen LogP contribution is 1.99. The Bertz CT molecular complexity index is 378. The van der Waals surface area contributed by atoms with E-state index in [1.165, 1.54) is 7.11 Å². The van der Waals surface area contributed by atoms with E-state index >= 15 is 0 Å². The molecule has 0 saturated carbocycles. The minimum atomic E-state index is -0.274. The quantitative estimate of drug-likeness (QED) is 0.455. The molecular formula is C13H17NO4. The summed E-state index contributed by atoms with van der Waals surface area (Å²) in [4.78, 5) is 27.3. The Morgan fingerprint density at radius 3 is 2.56 bits per heavy atom. The average Bonchev–Trinajstić information content (AvgIpc) is 2.43. The number of esters is 1. The first-order chi connectivity index (χ1) is 8.74. The summed E-state index contributed by atoms with van der Waals surface area (Å²) in [6.07, 6.45) is 1.73. The lowest BCUT2D eigenvalue weighted by atomic mass is 10.2. The van der Waals surface area contributed by atoms with Gasteiger partial charge < -0.3 is 4.74 Å². The standard InChI is InChI=1S/C13H17NO4/c1-17-12(15)9-5-6-10-18-14-13(16)11-7-3-2-4-8-11/h2-4,7-8H,5-6,9-10H2,1H3,(H,14,16). The zero-order valence-electron chi connectivity index (χ0n) is 10.3. The number of ether oxygens (including phenoxy) is 1. The molecule has 0 aromatic heterocycles. The van der Waals surface area contributed by atoms with Gasteiger partial charge in [0, 0.05) is 12.0 Å². The summed E-state index contributed by atoms with van der Waals surface area (Å²) in [7, 11) is 1.36. The van der Waals surface area contributed by atoms with Crippen LogP contribution in [0.1, 0.15) is 29.6 Å². The van der Waals surface area contributed by atoms with Crippen LogP contribution in [-0.4, -0.2) is 25.6 Å². The molecule has 98 valence electrons. The summed E-state index contributed by atoms with van der Waals surface area (Å²) in [5, 5.41) is 0. The topological polar surface area (TPSA) is 64.6 Å². The Morgan fingerprint density at radius 2 is 1.89 bits per heavy atom. The van der Waals surface area contributed by atoms with E-state index in [1.807, 2.05) is 6.07 Å². The number of hydrogen-bond donors (Lipinski definition) is 1. The van der Waals surface area contributed by atoms with Crippen molar-refractivity contribution in [2.75, 3.05) is 13.7 Å². The molecule has 1 rings (SSSR count). The van der Waals surface area contributed by atoms with Crippen LogP contribution in [0, 0.1) is 0 Å². The van der Waals surface area contributed by atoms with E-state index in [0.717, 1.165) is 0 Å². The van der Waals surface area contributed by atoms with Crippen molar-refractivity contribution in [3.63, 3.8) is 0 Å². The molecule has 0 fully saturated rings. The Labute approximate surface area is 106 Å². The third kappa shape index (κ3) is 5.45. The zero-order valence-corrected chi connectivity index (χ0v) is 10.3. The van der Waals surface area contributed by atoms with Crippen LogP contribution in [0.4, 0.5) is 0 Å². The fraction of sp³-hybridized carbons (Fsp3) is 0.385. The molecule has 0 aliphatic carbocycles. The Kier molecular flexibility index (Phi) is 6.50. The second-order valence-corrected chi connectivity index (χ2v) is 3.68. The van der Waals surface area contributed by atoms with Crippen molar-refractivity contribution in [1.29, 1.82) is 0 Å². The lowest BCUT2D eigenvalue weighted by Gasteiger charge is -2.05. The maximum Gasteiger partial charge on any atom is 0.305 e. The second kappa shape index (κ2) is 8.25. The fourth-order valence-electron chi connectivity index (χ4n) is 1.31. The molecule has 0 aliphatic heterocycles. The van der Waals surface area contributed by atoms with Crippen molar-refractivity contribution in [1.82, 2.24) is 5.48 Å². The van der Waals surface area contributed by atoms with E-state index in [1.54, 1.807) is 24.3 Å². The third-order valence-electron chi connectivity index (χ3n) is 2.31. The molecule has 18 heavy (non-hydrogen) atoms. The molecule has 5 heteroatoms. The SMILES string of the molecule is COC(=O)CCCCONC(=O)c1ccccc1. The summed E-state index contributed by atoms with van der Waals surface area (Å²) in [5.74, 6) is -0.508. The van der Waals surface area contributed by atoms with Crippen LogP contribution in [0.2, 0.25) is 0 Å². The number of rotatable bonds is 7. The zero-order chi connectivity index (χ0) is 13.2. The minimum Gasteiger partial charge on any atom is -0.469 e. The van der Waals surface area contributed by atoms with Crippen molar-refractivity contribution in [2.45, 2.75) is 19.3 Å². The van der Waals surface area contributed by atoms with E-state index in [2.05, 4.69) is 10.2 Å². The predicted octanol–water partition coefficient (Wildman–Crippen LogP) is 1.69. The first kappa shape index (κ1) is 14.2. The van der Waals surface area contributed by atoms with Gasteiger partial charge in [0.05, 0.1) is 13.7 Å². The Balaban J connectivity index is 2.08. The minimum absolute atomic E-state index is 0.233. The molecule has 0 radical (unpaired) electrons. The maximum absolute atomic E-state index is 11.5. The second-order valence-electron chi connectivity index (χ2n) is 3.68. The molecule has 5 nitrogen and oxygen atoms in total. The Hall–Kier alpha value is -1.88. The number of amides is 1. The van der Waals surface area contributed by atoms with Gasteiger partial charge in [0.15, 0.2) is 0 Å². The van der Waals surface area contributed by atoms with Gasteiger partial charge in [0.25, 0.3) is 5.91 Å². The van der Waals surface area contributed by atoms with Crippen molar-refractivity contribution in [2.24, 2.45) is 0 Å². The van der Waals surface area contributed by atoms with E-state index in [-0.39, 0.29) is 11.9 Å². The van der Waals surface area contributed by atoms with Gasteiger partial charge in [-0.1, -0.05) is 18.2 Å². The van der Waals surface area contributed by atoms with Gasteiger partial charge in [-0.15, -0.1) is 0 Å². The molecule has 0 spiro atoms. The van der Waals surface area contributed by atoms with Crippen LogP contribution in [-0.2, 0) is 14.4 Å². The molecule has 1 N–H and O–H groups in total. The molecule has 1 aromatic carbocycles. The number of unbranched alkanes of at least 4 members (excludes halogenated alkanes) is 1. The number of benzene rings is 1. The summed E-state index contributed by atoms with van der Waals surface area (Å²) in [6, 6.07) is 8.81. The average molecular weight is 251 g/mol. The number of carbonyl (C=O) groups is 2. The van der Waals surface area contributed by atoms with Crippen LogP contribution in [0.25, 0.3) is 0 Å². The third-order valence-corrected chi connectivity index (χ3v) is 2.31. The van der Waals surface area contributed by atoms with Gasteiger partial charge in [0.1, 0.15) is 0 Å². The molecule has 0 bridgehead atoms. The number of hydrogen-bond acceptors (Lipinski definition) is 4. The van der Waals surface area contributed by atoms with E-state index < -0.39 is 0 Å². The highest BCUT2D eigenvalue weighted by molar-refractivity contribution is 5.93. The van der Waals surface area contributed by atoms with E-state index in [9.17, 15) is 9.59 Å². The maximum atomic E-state index is 11.5. The lowest BCUT2D eigenvalue weighted by Crippen LogP contribution is -2.24. The monoisotopic (exact) mass is 251 g/mol. The fourth-order valence-corrected chi connectivity index (χ4v) is 1.31. The molecule has 0 unspecified atom stereocenters. The normalized spacial score (nSPS) is 9.83. The summed E-state index contributed by atoms with van der Waals surface area (Å²) < 4.78 is 4.50. The largest absolute Gasteiger partial charge is 0.469 e. The van der Waals surface area contributed by atoms with Crippen LogP contribution in [0.5, 0.6) is 0 Å². The van der Waals surface area contributed by atoms with Gasteiger partial charge in [-0.3, -0.25) is 14.4 Å². The summed E-state index contributed by atoms with van der Waals surface area (Å²) in [5.41, 5.74) is 2.89. The van der Waals surface area contributed by atoms with E-state index in [0.29, 0.717) is 31.4 Å². The van der Waals surface area contributed by atoms with Crippen LogP contribution in [0.3, 0.4) is 0 Å². The van der Waals surface area contributed by atoms with Crippen molar-refractivity contribution >= 4 is 11.9 Å². The molecule has 0 aliphatic rings. The highest BCUT2D eigenvalue weighted by atomic mass is 16.6. The molecule has 0 atom stereocenters. The van der Waals surface area contributed by atoms with Crippen molar-refractivity contribution < 1.29 is 19.2 Å². The summed E-state index contributed by atoms with van der Waals surface area (Å²) >= 11 is 0. The molecule has 1 aromatic rings. The molecule has 1 amide bonds. The van der Waals surface area contributed by atoms with E-state index in [4.69, 9.17) is 4.84 Å². The predicted molar refractivity (Wildman–Crippen MR) is 65.7 cm³/mol. The van der Waals surface area contributed by atoms with Crippen LogP contribution >= 0.6 is 0 Å². The van der Waals surface area contributed by atoms with Gasteiger partial charge >= 0.3 is 5.97 Å². The van der Waals surface area contributed by atoms with Gasteiger partial charge in [-0.25, -0.2) is 5.48 Å². The molecule has 0 heterocycles. The van der Waals surface area contributed by atoms with Gasteiger partial charge in [-0.05, 0) is 25.0 Å². The smallest absolute Gasteiger partial charge is 0.305 e. The molecular weight excluding hydrogens is 234 g/mol. The highest BCUT2D eigenvalue weighted by Gasteiger charge is 2.04.